The summed E-state index contributed by atoms with van der Waals surface area (Å²) in [7, 11) is 6.67. The molecule has 8 nitrogen and oxygen atoms in total. The summed E-state index contributed by atoms with van der Waals surface area (Å²) >= 11 is 0. The van der Waals surface area contributed by atoms with Gasteiger partial charge in [-0.15, -0.1) is 0 Å². The smallest absolute Gasteiger partial charge is 0.127 e. The first-order valence-electron chi connectivity index (χ1n) is 19.4. The van der Waals surface area contributed by atoms with Crippen molar-refractivity contribution in [1.82, 2.24) is 0 Å². The highest BCUT2D eigenvalue weighted by atomic mass is 16.5. The van der Waals surface area contributed by atoms with Crippen LogP contribution in [0.4, 0.5) is 34.1 Å². The van der Waals surface area contributed by atoms with E-state index in [0.29, 0.717) is 0 Å². The van der Waals surface area contributed by atoms with Gasteiger partial charge in [0.15, 0.2) is 0 Å². The lowest BCUT2D eigenvalue weighted by atomic mass is 10.1. The Morgan fingerprint density at radius 1 is 0.217 bits per heavy atom. The zero-order valence-electron chi connectivity index (χ0n) is 33.8. The number of methoxy groups -OCH3 is 4. The lowest BCUT2D eigenvalue weighted by molar-refractivity contribution is 0.414. The molecule has 0 aliphatic carbocycles. The van der Waals surface area contributed by atoms with Crippen LogP contribution in [0.25, 0.3) is 11.1 Å². The maximum atomic E-state index is 6.27. The van der Waals surface area contributed by atoms with E-state index in [2.05, 4.69) is 58.3 Å². The third-order valence-electron chi connectivity index (χ3n) is 10.0. The molecule has 0 saturated carbocycles. The first-order valence-corrected chi connectivity index (χ1v) is 19.4. The van der Waals surface area contributed by atoms with Crippen molar-refractivity contribution in [1.29, 1.82) is 0 Å². The number of hydrogen-bond acceptors (Lipinski definition) is 8. The molecule has 60 heavy (non-hydrogen) atoms. The number of ether oxygens (including phenoxy) is 6. The van der Waals surface area contributed by atoms with Gasteiger partial charge in [-0.2, -0.15) is 0 Å². The van der Waals surface area contributed by atoms with E-state index in [0.717, 1.165) is 91.2 Å². The average Bonchev–Trinajstić information content (AvgIpc) is 3.32. The van der Waals surface area contributed by atoms with Crippen molar-refractivity contribution < 1.29 is 28.4 Å². The summed E-state index contributed by atoms with van der Waals surface area (Å²) in [6.45, 7) is 0. The number of hydrogen-bond donors (Lipinski definition) is 0. The van der Waals surface area contributed by atoms with Gasteiger partial charge in [-0.3, -0.25) is 0 Å². The van der Waals surface area contributed by atoms with E-state index in [1.165, 1.54) is 0 Å². The fraction of sp³-hybridized carbons (Fsp3) is 0.0769. The maximum absolute atomic E-state index is 6.27. The molecule has 0 N–H and O–H groups in total. The van der Waals surface area contributed by atoms with Crippen LogP contribution in [0.1, 0.15) is 0 Å². The predicted octanol–water partition coefficient (Wildman–Crippen LogP) is 13.9. The fourth-order valence-electron chi connectivity index (χ4n) is 6.85. The molecule has 0 amide bonds. The van der Waals surface area contributed by atoms with E-state index in [4.69, 9.17) is 28.4 Å². The second-order valence-electron chi connectivity index (χ2n) is 13.7. The largest absolute Gasteiger partial charge is 0.497 e. The van der Waals surface area contributed by atoms with Crippen LogP contribution in [-0.2, 0) is 0 Å². The van der Waals surface area contributed by atoms with Crippen LogP contribution in [0.3, 0.4) is 0 Å². The minimum atomic E-state index is 0.736. The van der Waals surface area contributed by atoms with E-state index in [9.17, 15) is 0 Å². The van der Waals surface area contributed by atoms with Gasteiger partial charge in [0.1, 0.15) is 46.0 Å². The van der Waals surface area contributed by atoms with Crippen LogP contribution >= 0.6 is 0 Å². The quantitative estimate of drug-likeness (QED) is 0.102. The Morgan fingerprint density at radius 2 is 0.383 bits per heavy atom. The summed E-state index contributed by atoms with van der Waals surface area (Å²) in [6, 6.07) is 64.3. The van der Waals surface area contributed by atoms with Crippen molar-refractivity contribution in [3.8, 4) is 57.1 Å². The van der Waals surface area contributed by atoms with Gasteiger partial charge in [-0.05, 0) is 181 Å². The van der Waals surface area contributed by atoms with E-state index in [-0.39, 0.29) is 0 Å². The monoisotopic (exact) mass is 792 g/mol. The lowest BCUT2D eigenvalue weighted by Crippen LogP contribution is -2.09. The maximum Gasteiger partial charge on any atom is 0.127 e. The molecule has 0 saturated heterocycles. The van der Waals surface area contributed by atoms with Gasteiger partial charge in [0.25, 0.3) is 0 Å². The summed E-state index contributed by atoms with van der Waals surface area (Å²) < 4.78 is 34.1. The zero-order valence-corrected chi connectivity index (χ0v) is 33.8. The van der Waals surface area contributed by atoms with Crippen LogP contribution in [0.2, 0.25) is 0 Å². The third kappa shape index (κ3) is 8.98. The molecular weight excluding hydrogens is 749 g/mol. The first kappa shape index (κ1) is 39.0. The van der Waals surface area contributed by atoms with Crippen LogP contribution in [0.5, 0.6) is 46.0 Å². The minimum absolute atomic E-state index is 0.736. The number of nitrogens with zero attached hydrogens (tertiary/aromatic N) is 2. The van der Waals surface area contributed by atoms with E-state index in [1.807, 2.05) is 146 Å². The van der Waals surface area contributed by atoms with Crippen LogP contribution in [0, 0.1) is 0 Å². The molecule has 0 heterocycles. The van der Waals surface area contributed by atoms with E-state index < -0.39 is 0 Å². The van der Waals surface area contributed by atoms with Crippen molar-refractivity contribution in [3.05, 3.63) is 194 Å². The Labute approximate surface area is 350 Å². The molecule has 0 aliphatic rings. The van der Waals surface area contributed by atoms with E-state index >= 15 is 0 Å². The fourth-order valence-corrected chi connectivity index (χ4v) is 6.85. The lowest BCUT2D eigenvalue weighted by Gasteiger charge is -2.26. The molecule has 8 heteroatoms. The number of benzene rings is 8. The second-order valence-corrected chi connectivity index (χ2v) is 13.7. The summed E-state index contributed by atoms with van der Waals surface area (Å²) in [6.07, 6.45) is 0. The molecule has 0 fully saturated rings. The molecular formula is C52H44N2O6. The van der Waals surface area contributed by atoms with Gasteiger partial charge >= 0.3 is 0 Å². The topological polar surface area (TPSA) is 61.9 Å². The van der Waals surface area contributed by atoms with Crippen molar-refractivity contribution in [2.75, 3.05) is 38.2 Å². The Balaban J connectivity index is 0.920. The highest BCUT2D eigenvalue weighted by Gasteiger charge is 2.15. The summed E-state index contributed by atoms with van der Waals surface area (Å²) in [5.74, 6) is 6.16. The van der Waals surface area contributed by atoms with Gasteiger partial charge in [-0.25, -0.2) is 0 Å². The van der Waals surface area contributed by atoms with Crippen molar-refractivity contribution in [3.63, 3.8) is 0 Å². The predicted molar refractivity (Wildman–Crippen MR) is 240 cm³/mol. The van der Waals surface area contributed by atoms with Crippen LogP contribution < -0.4 is 38.2 Å². The molecule has 0 radical (unpaired) electrons. The molecule has 8 aromatic rings. The molecule has 0 aromatic heterocycles. The molecule has 0 unspecified atom stereocenters. The van der Waals surface area contributed by atoms with Crippen molar-refractivity contribution in [2.24, 2.45) is 0 Å². The van der Waals surface area contributed by atoms with Gasteiger partial charge in [0.05, 0.1) is 28.4 Å². The normalized spacial score (nSPS) is 10.7. The minimum Gasteiger partial charge on any atom is -0.497 e. The Kier molecular flexibility index (Phi) is 11.8. The molecule has 8 rings (SSSR count). The summed E-state index contributed by atoms with van der Waals surface area (Å²) in [4.78, 5) is 4.35. The highest BCUT2D eigenvalue weighted by molar-refractivity contribution is 5.78. The van der Waals surface area contributed by atoms with Gasteiger partial charge in [-0.1, -0.05) is 24.3 Å². The van der Waals surface area contributed by atoms with Gasteiger partial charge in [0.2, 0.25) is 0 Å². The van der Waals surface area contributed by atoms with Gasteiger partial charge < -0.3 is 38.2 Å². The molecule has 298 valence electrons. The van der Waals surface area contributed by atoms with Gasteiger partial charge in [0, 0.05) is 34.1 Å². The number of rotatable bonds is 15. The first-order chi connectivity index (χ1) is 29.5. The standard InChI is InChI=1S/C52H44N2O6/c1-55-45-25-9-39(10-26-45)53(40-11-27-46(56-2)28-12-40)43-17-33-51(34-18-43)59-49-21-5-37(6-22-49)38-7-23-50(24-8-38)60-52-35-19-44(20-36-52)54(41-13-29-47(57-3)30-14-41)42-15-31-48(58-4)32-16-42/h5-36H,1-4H3. The number of anilines is 6. The Hall–Kier alpha value is -7.84. The van der Waals surface area contributed by atoms with E-state index in [1.54, 1.807) is 28.4 Å². The SMILES string of the molecule is COc1ccc(N(c2ccc(OC)cc2)c2ccc(Oc3ccc(-c4ccc(Oc5ccc(N(c6ccc(OC)cc6)c6ccc(OC)cc6)cc5)cc4)cc3)cc2)cc1. The third-order valence-corrected chi connectivity index (χ3v) is 10.0. The summed E-state index contributed by atoms with van der Waals surface area (Å²) in [5, 5.41) is 0. The van der Waals surface area contributed by atoms with Crippen molar-refractivity contribution in [2.45, 2.75) is 0 Å². The second kappa shape index (κ2) is 18.2. The molecule has 8 aromatic carbocycles. The molecule has 0 aliphatic heterocycles. The highest BCUT2D eigenvalue weighted by Crippen LogP contribution is 2.39. The Morgan fingerprint density at radius 3 is 0.567 bits per heavy atom. The molecule has 0 bridgehead atoms. The molecule has 0 atom stereocenters. The molecule has 0 spiro atoms. The summed E-state index contributed by atoms with van der Waals surface area (Å²) in [5.41, 5.74) is 8.10. The average molecular weight is 793 g/mol. The van der Waals surface area contributed by atoms with Crippen LogP contribution in [-0.4, -0.2) is 28.4 Å². The van der Waals surface area contributed by atoms with Crippen LogP contribution in [0.15, 0.2) is 194 Å². The zero-order chi connectivity index (χ0) is 41.3. The Bertz CT molecular complexity index is 2300. The van der Waals surface area contributed by atoms with Crippen molar-refractivity contribution >= 4 is 34.1 Å².